The van der Waals surface area contributed by atoms with Gasteiger partial charge >= 0.3 is 12.3 Å². The average molecular weight is 462 g/mol. The molecule has 1 aliphatic heterocycles. The lowest BCUT2D eigenvalue weighted by Crippen LogP contribution is -2.46. The highest BCUT2D eigenvalue weighted by atomic mass is 19.4. The maximum absolute atomic E-state index is 12.4. The first kappa shape index (κ1) is 22.9. The van der Waals surface area contributed by atoms with Gasteiger partial charge in [0.2, 0.25) is 5.79 Å². The summed E-state index contributed by atoms with van der Waals surface area (Å²) in [7, 11) is 1.46. The predicted molar refractivity (Wildman–Crippen MR) is 111 cm³/mol. The maximum atomic E-state index is 12.4. The molecule has 1 unspecified atom stereocenters. The van der Waals surface area contributed by atoms with Crippen molar-refractivity contribution < 1.29 is 37.3 Å². The van der Waals surface area contributed by atoms with Crippen molar-refractivity contribution in [2.24, 2.45) is 16.8 Å². The van der Waals surface area contributed by atoms with Crippen molar-refractivity contribution in [2.45, 2.75) is 31.6 Å². The molecule has 10 heteroatoms. The first-order chi connectivity index (χ1) is 15.7. The topological polar surface area (TPSA) is 90.2 Å². The Morgan fingerprint density at radius 3 is 2.58 bits per heavy atom. The molecule has 0 bridgehead atoms. The van der Waals surface area contributed by atoms with Gasteiger partial charge in [0.1, 0.15) is 5.75 Å². The van der Waals surface area contributed by atoms with Crippen LogP contribution in [0.5, 0.6) is 5.75 Å². The summed E-state index contributed by atoms with van der Waals surface area (Å²) in [6, 6.07) is 8.94. The molecule has 0 radical (unpaired) electrons. The highest BCUT2D eigenvalue weighted by molar-refractivity contribution is 6.03. The van der Waals surface area contributed by atoms with Crippen LogP contribution < -0.4 is 4.74 Å². The second kappa shape index (κ2) is 8.95. The fourth-order valence-electron chi connectivity index (χ4n) is 3.80. The highest BCUT2D eigenvalue weighted by Gasteiger charge is 2.55. The van der Waals surface area contributed by atoms with Crippen LogP contribution in [-0.4, -0.2) is 41.0 Å². The van der Waals surface area contributed by atoms with Gasteiger partial charge in [0.05, 0.1) is 23.9 Å². The second-order valence-electron chi connectivity index (χ2n) is 7.76. The Morgan fingerprint density at radius 1 is 1.24 bits per heavy atom. The van der Waals surface area contributed by atoms with Gasteiger partial charge in [-0.3, -0.25) is 14.8 Å². The largest absolute Gasteiger partial charge is 0.573 e. The van der Waals surface area contributed by atoms with Crippen molar-refractivity contribution >= 4 is 17.4 Å². The van der Waals surface area contributed by atoms with Crippen molar-refractivity contribution in [3.05, 3.63) is 66.0 Å². The van der Waals surface area contributed by atoms with Gasteiger partial charge in [0, 0.05) is 37.4 Å². The third kappa shape index (κ3) is 5.23. The van der Waals surface area contributed by atoms with Crippen molar-refractivity contribution in [1.29, 1.82) is 0 Å². The van der Waals surface area contributed by atoms with Crippen LogP contribution in [0.1, 0.15) is 24.0 Å². The van der Waals surface area contributed by atoms with Gasteiger partial charge in [-0.05, 0) is 36.2 Å². The Morgan fingerprint density at radius 2 is 2.00 bits per heavy atom. The summed E-state index contributed by atoms with van der Waals surface area (Å²) < 4.78 is 52.8. The van der Waals surface area contributed by atoms with E-state index in [-0.39, 0.29) is 24.7 Å². The third-order valence-electron chi connectivity index (χ3n) is 5.57. The fourth-order valence-corrected chi connectivity index (χ4v) is 3.80. The normalized spacial score (nSPS) is 24.6. The minimum Gasteiger partial charge on any atom is -0.481 e. The van der Waals surface area contributed by atoms with E-state index in [1.807, 2.05) is 12.1 Å². The number of carboxylic acids is 1. The van der Waals surface area contributed by atoms with E-state index in [4.69, 9.17) is 14.5 Å². The van der Waals surface area contributed by atoms with Crippen molar-refractivity contribution in [1.82, 2.24) is 4.98 Å². The Labute approximate surface area is 187 Å². The van der Waals surface area contributed by atoms with E-state index in [2.05, 4.69) is 9.72 Å². The number of carbonyl (C=O) groups is 1. The van der Waals surface area contributed by atoms with Gasteiger partial charge in [-0.15, -0.1) is 13.2 Å². The number of benzene rings is 1. The lowest BCUT2D eigenvalue weighted by atomic mass is 9.96. The third-order valence-corrected chi connectivity index (χ3v) is 5.57. The lowest BCUT2D eigenvalue weighted by molar-refractivity contribution is -0.274. The molecule has 33 heavy (non-hydrogen) atoms. The molecule has 1 N–H and O–H groups in total. The molecular formula is C23H21F3N2O5. The van der Waals surface area contributed by atoms with Gasteiger partial charge in [0.15, 0.2) is 0 Å². The number of nitrogens with zero attached hydrogens (tertiary/aromatic N) is 2. The fraction of sp³-hybridized carbons (Fsp3) is 0.348. The van der Waals surface area contributed by atoms with Crippen LogP contribution >= 0.6 is 0 Å². The van der Waals surface area contributed by atoms with Gasteiger partial charge in [-0.25, -0.2) is 0 Å². The van der Waals surface area contributed by atoms with Crippen molar-refractivity contribution in [2.75, 3.05) is 7.11 Å². The quantitative estimate of drug-likeness (QED) is 0.583. The summed E-state index contributed by atoms with van der Waals surface area (Å²) in [4.78, 5) is 20.3. The molecule has 2 aliphatic rings. The standard InChI is InChI=1S/C23H21F3N2O5/c1-31-22(32-13-14-4-6-16(7-5-14)33-23(24,25)26)9-8-19(15-3-2-10-27-12-15)28-20(22)17-11-18(17)21(29)30/h2-8,10,12,17-18H,9,11,13H2,1H3,(H,29,30)/t17-,18-,22?/m1/s1. The van der Waals surface area contributed by atoms with E-state index < -0.39 is 24.0 Å². The minimum absolute atomic E-state index is 0.0136. The van der Waals surface area contributed by atoms with Gasteiger partial charge < -0.3 is 19.3 Å². The maximum Gasteiger partial charge on any atom is 0.573 e. The smallest absolute Gasteiger partial charge is 0.481 e. The van der Waals surface area contributed by atoms with Gasteiger partial charge in [-0.2, -0.15) is 0 Å². The molecule has 1 aliphatic carbocycles. The van der Waals surface area contributed by atoms with E-state index in [1.54, 1.807) is 18.5 Å². The molecule has 1 aromatic heterocycles. The van der Waals surface area contributed by atoms with E-state index in [0.717, 1.165) is 5.56 Å². The monoisotopic (exact) mass is 462 g/mol. The molecule has 7 nitrogen and oxygen atoms in total. The zero-order chi connectivity index (χ0) is 23.6. The minimum atomic E-state index is -4.77. The molecule has 0 saturated heterocycles. The summed E-state index contributed by atoms with van der Waals surface area (Å²) in [6.45, 7) is 0.0136. The number of pyridine rings is 1. The lowest BCUT2D eigenvalue weighted by Gasteiger charge is -2.36. The zero-order valence-electron chi connectivity index (χ0n) is 17.6. The van der Waals surface area contributed by atoms with Crippen LogP contribution in [-0.2, 0) is 20.9 Å². The number of hydrogen-bond acceptors (Lipinski definition) is 6. The summed E-state index contributed by atoms with van der Waals surface area (Å²) in [5, 5.41) is 9.44. The first-order valence-electron chi connectivity index (χ1n) is 10.2. The molecule has 174 valence electrons. The number of rotatable bonds is 8. The molecule has 1 aromatic carbocycles. The first-order valence-corrected chi connectivity index (χ1v) is 10.2. The molecule has 0 amide bonds. The van der Waals surface area contributed by atoms with Crippen molar-refractivity contribution in [3.63, 3.8) is 0 Å². The molecule has 3 atom stereocenters. The van der Waals surface area contributed by atoms with E-state index in [9.17, 15) is 23.1 Å². The number of alkyl halides is 3. The highest BCUT2D eigenvalue weighted by Crippen LogP contribution is 2.47. The van der Waals surface area contributed by atoms with E-state index >= 15 is 0 Å². The molecule has 4 rings (SSSR count). The molecule has 1 fully saturated rings. The van der Waals surface area contributed by atoms with Crippen molar-refractivity contribution in [3.8, 4) is 5.75 Å². The Bertz CT molecular complexity index is 1070. The zero-order valence-corrected chi connectivity index (χ0v) is 17.6. The number of aliphatic imine (C=N–C) groups is 1. The number of carboxylic acid groups (broad SMARTS) is 1. The van der Waals surface area contributed by atoms with Crippen LogP contribution in [0.15, 0.2) is 59.9 Å². The van der Waals surface area contributed by atoms with E-state index in [1.165, 1.54) is 31.4 Å². The van der Waals surface area contributed by atoms with Gasteiger partial charge in [-0.1, -0.05) is 18.2 Å². The predicted octanol–water partition coefficient (Wildman–Crippen LogP) is 4.45. The van der Waals surface area contributed by atoms with Gasteiger partial charge in [0.25, 0.3) is 0 Å². The second-order valence-corrected chi connectivity index (χ2v) is 7.76. The number of aliphatic carboxylic acids is 1. The molecule has 1 saturated carbocycles. The van der Waals surface area contributed by atoms with Crippen LogP contribution in [0.25, 0.3) is 5.70 Å². The molecule has 2 aromatic rings. The molecule has 0 spiro atoms. The van der Waals surface area contributed by atoms with E-state index in [0.29, 0.717) is 23.4 Å². The summed E-state index contributed by atoms with van der Waals surface area (Å²) in [5.74, 6) is -3.45. The summed E-state index contributed by atoms with van der Waals surface area (Å²) in [6.07, 6.45) is 1.08. The number of hydrogen-bond donors (Lipinski definition) is 1. The Hall–Kier alpha value is -3.24. The number of ether oxygens (including phenoxy) is 3. The molecular weight excluding hydrogens is 441 g/mol. The van der Waals surface area contributed by atoms with Crippen LogP contribution in [0.4, 0.5) is 13.2 Å². The van der Waals surface area contributed by atoms with Crippen LogP contribution in [0.2, 0.25) is 0 Å². The summed E-state index contributed by atoms with van der Waals surface area (Å²) >= 11 is 0. The number of methoxy groups -OCH3 is 1. The number of aromatic nitrogens is 1. The van der Waals surface area contributed by atoms with Crippen LogP contribution in [0.3, 0.4) is 0 Å². The number of halogens is 3. The van der Waals surface area contributed by atoms with Crippen LogP contribution in [0, 0.1) is 11.8 Å². The SMILES string of the molecule is COC1(OCc2ccc(OC(F)(F)F)cc2)CC=C(c2cccnc2)N=C1[C@@H]1C[C@H]1C(=O)O. The average Bonchev–Trinajstić information content (AvgIpc) is 3.59. The molecule has 2 heterocycles. The summed E-state index contributed by atoms with van der Waals surface area (Å²) in [5.41, 5.74) is 2.51. The Kier molecular flexibility index (Phi) is 6.22. The Balaban J connectivity index is 1.55.